The van der Waals surface area contributed by atoms with Crippen molar-refractivity contribution in [2.24, 2.45) is 5.84 Å². The first-order valence-corrected chi connectivity index (χ1v) is 13.7. The first-order chi connectivity index (χ1) is 18.2. The van der Waals surface area contributed by atoms with Crippen molar-refractivity contribution in [3.8, 4) is 17.0 Å². The second-order valence-electron chi connectivity index (χ2n) is 9.43. The number of ether oxygens (including phenoxy) is 1. The summed E-state index contributed by atoms with van der Waals surface area (Å²) in [6, 6.07) is 9.98. The van der Waals surface area contributed by atoms with Crippen LogP contribution in [0.4, 0.5) is 26.3 Å². The zero-order valence-corrected chi connectivity index (χ0v) is 21.7. The van der Waals surface area contributed by atoms with E-state index in [4.69, 9.17) is 5.84 Å². The molecule has 2 heterocycles. The Morgan fingerprint density at radius 3 is 2.46 bits per heavy atom. The van der Waals surface area contributed by atoms with Crippen LogP contribution in [0.25, 0.3) is 17.0 Å². The van der Waals surface area contributed by atoms with Gasteiger partial charge in [0.25, 0.3) is 5.55 Å². The molecular weight excluding hydrogens is 546 g/mol. The molecule has 0 saturated heterocycles. The summed E-state index contributed by atoms with van der Waals surface area (Å²) in [4.78, 5) is 15.3. The van der Waals surface area contributed by atoms with E-state index in [-0.39, 0.29) is 17.0 Å². The van der Waals surface area contributed by atoms with Gasteiger partial charge in [-0.1, -0.05) is 6.07 Å². The summed E-state index contributed by atoms with van der Waals surface area (Å²) in [5.74, 6) is 3.66. The topological polar surface area (TPSA) is 117 Å². The van der Waals surface area contributed by atoms with Gasteiger partial charge in [-0.15, -0.1) is 0 Å². The molecule has 0 aliphatic carbocycles. The molecule has 39 heavy (non-hydrogen) atoms. The van der Waals surface area contributed by atoms with Crippen LogP contribution in [0.3, 0.4) is 0 Å². The maximum atomic E-state index is 15.5. The Labute approximate surface area is 220 Å². The average Bonchev–Trinajstić information content (AvgIpc) is 2.85. The minimum absolute atomic E-state index is 0.0625. The Kier molecular flexibility index (Phi) is 7.53. The number of pyridine rings is 1. The van der Waals surface area contributed by atoms with Gasteiger partial charge in [0.2, 0.25) is 0 Å². The first-order valence-electron chi connectivity index (χ1n) is 11.6. The summed E-state index contributed by atoms with van der Waals surface area (Å²) in [6.07, 6.45) is 0.520. The Hall–Kier alpha value is -3.43. The molecule has 1 atom stereocenters. The molecule has 3 aromatic rings. The van der Waals surface area contributed by atoms with Crippen LogP contribution in [0.5, 0.6) is 5.75 Å². The maximum absolute atomic E-state index is 15.5. The molecule has 0 fully saturated rings. The van der Waals surface area contributed by atoms with Crippen molar-refractivity contribution >= 4 is 19.3 Å². The molecule has 0 spiro atoms. The molecule has 1 aliphatic heterocycles. The normalized spacial score (nSPS) is 18.5. The van der Waals surface area contributed by atoms with Crippen LogP contribution < -0.4 is 26.6 Å². The van der Waals surface area contributed by atoms with E-state index in [2.05, 4.69) is 15.0 Å². The lowest BCUT2D eigenvalue weighted by molar-refractivity contribution is -0.576. The van der Waals surface area contributed by atoms with E-state index in [0.717, 1.165) is 31.4 Å². The molecule has 1 aromatic heterocycles. The van der Waals surface area contributed by atoms with Crippen molar-refractivity contribution in [3.63, 3.8) is 0 Å². The molecule has 4 rings (SSSR count). The zero-order chi connectivity index (χ0) is 28.8. The molecule has 7 nitrogen and oxygen atoms in total. The van der Waals surface area contributed by atoms with E-state index in [1.807, 2.05) is 0 Å². The highest BCUT2D eigenvalue weighted by molar-refractivity contribution is 6.91. The molecule has 0 saturated carbocycles. The van der Waals surface area contributed by atoms with Crippen LogP contribution in [0.2, 0.25) is 0 Å². The number of fused-ring (bicyclic) bond motifs is 1. The Morgan fingerprint density at radius 2 is 1.87 bits per heavy atom. The monoisotopic (exact) mass is 571 g/mol. The van der Waals surface area contributed by atoms with Gasteiger partial charge in [-0.2, -0.15) is 14.6 Å². The van der Waals surface area contributed by atoms with Crippen LogP contribution in [-0.4, -0.2) is 36.0 Å². The van der Waals surface area contributed by atoms with E-state index in [0.29, 0.717) is 5.56 Å². The third kappa shape index (κ3) is 5.13. The van der Waals surface area contributed by atoms with Crippen molar-refractivity contribution in [1.29, 1.82) is 0 Å². The van der Waals surface area contributed by atoms with Crippen LogP contribution >= 0.6 is 0 Å². The van der Waals surface area contributed by atoms with Crippen molar-refractivity contribution in [2.45, 2.75) is 31.6 Å². The van der Waals surface area contributed by atoms with E-state index in [9.17, 15) is 23.1 Å². The fourth-order valence-electron chi connectivity index (χ4n) is 4.42. The largest absolute Gasteiger partial charge is 0.435 e. The number of nitrogens with one attached hydrogen (secondary N) is 1. The van der Waals surface area contributed by atoms with Crippen molar-refractivity contribution in [1.82, 2.24) is 10.3 Å². The van der Waals surface area contributed by atoms with Gasteiger partial charge in [0.1, 0.15) is 17.3 Å². The number of halogens is 6. The van der Waals surface area contributed by atoms with Gasteiger partial charge in [0.15, 0.2) is 11.5 Å². The predicted octanol–water partition coefficient (Wildman–Crippen LogP) is 2.21. The number of benzene rings is 2. The summed E-state index contributed by atoms with van der Waals surface area (Å²) in [7, 11) is -4.80. The number of nitrogens with two attached hydrogens (primary N) is 2. The highest BCUT2D eigenvalue weighted by Gasteiger charge is 2.72. The molecule has 7 N–H and O–H groups in total. The first kappa shape index (κ1) is 28.6. The van der Waals surface area contributed by atoms with Crippen LogP contribution in [0, 0.1) is 11.6 Å². The summed E-state index contributed by atoms with van der Waals surface area (Å²) in [6.45, 7) is -0.795. The third-order valence-electron chi connectivity index (χ3n) is 6.28. The number of hydrogen-bond acceptors (Lipinski definition) is 6. The van der Waals surface area contributed by atoms with Crippen LogP contribution in [0.15, 0.2) is 54.7 Å². The number of rotatable bonds is 9. The lowest BCUT2D eigenvalue weighted by atomic mass is 9.91. The molecule has 2 aromatic carbocycles. The van der Waals surface area contributed by atoms with E-state index < -0.39 is 66.0 Å². The fourth-order valence-corrected chi connectivity index (χ4v) is 6.96. The zero-order valence-electron chi connectivity index (χ0n) is 20.7. The molecular formula is C25H25F6N4O3Si+. The minimum Gasteiger partial charge on any atom is -0.435 e. The van der Waals surface area contributed by atoms with E-state index in [1.54, 1.807) is 0 Å². The number of aromatic nitrogens is 1. The van der Waals surface area contributed by atoms with Crippen LogP contribution in [-0.2, 0) is 11.1 Å². The molecule has 0 radical (unpaired) electrons. The summed E-state index contributed by atoms with van der Waals surface area (Å²) in [5, 5.41) is 12.7. The van der Waals surface area contributed by atoms with Crippen molar-refractivity contribution in [3.05, 3.63) is 83.1 Å². The molecule has 14 heteroatoms. The fraction of sp³-hybridized carbons (Fsp3) is 0.240. The quantitative estimate of drug-likeness (QED) is 0.116. The highest BCUT2D eigenvalue weighted by atomic mass is 28.4. The van der Waals surface area contributed by atoms with Crippen molar-refractivity contribution in [2.75, 3.05) is 6.17 Å². The van der Waals surface area contributed by atoms with Gasteiger partial charge in [-0.05, 0) is 56.3 Å². The Bertz CT molecular complexity index is 1420. The molecule has 0 unspecified atom stereocenters. The Balaban J connectivity index is 1.72. The van der Waals surface area contributed by atoms with E-state index >= 15 is 13.2 Å². The van der Waals surface area contributed by atoms with Gasteiger partial charge in [-0.25, -0.2) is 23.0 Å². The number of hydrogen-bond donors (Lipinski definition) is 5. The van der Waals surface area contributed by atoms with Crippen molar-refractivity contribution < 1.29 is 46.4 Å². The second-order valence-corrected chi connectivity index (χ2v) is 12.6. The smallest absolute Gasteiger partial charge is 0.387 e. The number of alkyl halides is 4. The molecule has 208 valence electrons. The number of aliphatic hydroxyl groups is 1. The average molecular weight is 572 g/mol. The van der Waals surface area contributed by atoms with Gasteiger partial charge in [-0.3, -0.25) is 4.98 Å². The molecule has 1 aliphatic rings. The summed E-state index contributed by atoms with van der Waals surface area (Å²) < 4.78 is 89.4. The van der Waals surface area contributed by atoms with Crippen LogP contribution in [0.1, 0.15) is 30.5 Å². The highest BCUT2D eigenvalue weighted by Crippen LogP contribution is 2.49. The maximum Gasteiger partial charge on any atom is 0.387 e. The standard InChI is InChI=1S/C25H24F6N4O3Si/c1-24(2,36)18-19-22(34-21(20(18)27)13-6-8-15(26)9-7-13)39(37,25(19,30)31)12-33-11-17(35-32)14-4-3-5-16(10-14)38-23(28)29/h3-11,23,33,35-37H,12,32H2,1-2H3/p+1/b17-11-/t39-/m0/s1. The summed E-state index contributed by atoms with van der Waals surface area (Å²) in [5.41, 5.74) is -6.29. The lowest BCUT2D eigenvalue weighted by Crippen LogP contribution is -2.88. The lowest BCUT2D eigenvalue weighted by Gasteiger charge is -2.46. The minimum atomic E-state index is -4.80. The number of quaternary nitrogens is 1. The summed E-state index contributed by atoms with van der Waals surface area (Å²) >= 11 is 0. The molecule has 0 amide bonds. The van der Waals surface area contributed by atoms with Gasteiger partial charge in [0, 0.05) is 28.4 Å². The SMILES string of the molecule is CC(C)(O)c1c(F)c(-c2ccc(F)cc2)nc2c1C(F)(F)[Si@]2(O)CN/C=C(\[NH2+]N)c1cccc(OC(F)F)c1. The van der Waals surface area contributed by atoms with Gasteiger partial charge >= 0.3 is 14.9 Å². The molecule has 0 bridgehead atoms. The Morgan fingerprint density at radius 1 is 1.21 bits per heavy atom. The van der Waals surface area contributed by atoms with Gasteiger partial charge in [0.05, 0.1) is 17.1 Å². The van der Waals surface area contributed by atoms with Gasteiger partial charge < -0.3 is 20.0 Å². The van der Waals surface area contributed by atoms with E-state index in [1.165, 1.54) is 42.6 Å². The third-order valence-corrected chi connectivity index (χ3v) is 9.43. The second kappa shape index (κ2) is 10.3. The predicted molar refractivity (Wildman–Crippen MR) is 132 cm³/mol. The number of nitrogens with zero attached hydrogens (tertiary/aromatic N) is 1.